The molecule has 0 aromatic rings. The molecule has 0 unspecified atom stereocenters. The number of allylic oxidation sites excluding steroid dienone is 2. The minimum Gasteiger partial charge on any atom is -0.271 e. The second kappa shape index (κ2) is 3.88. The molecule has 0 bridgehead atoms. The van der Waals surface area contributed by atoms with Crippen LogP contribution in [0.3, 0.4) is 0 Å². The molecule has 0 saturated heterocycles. The van der Waals surface area contributed by atoms with Crippen molar-refractivity contribution in [3.63, 3.8) is 0 Å². The molecule has 0 aliphatic heterocycles. The molecular weight excluding hydrogens is 136 g/mol. The van der Waals surface area contributed by atoms with Crippen LogP contribution in [0.5, 0.6) is 0 Å². The summed E-state index contributed by atoms with van der Waals surface area (Å²) in [5, 5.41) is 0. The summed E-state index contributed by atoms with van der Waals surface area (Å²) >= 11 is 0. The first-order valence-corrected chi connectivity index (χ1v) is 4.35. The quantitative estimate of drug-likeness (QED) is 0.343. The Morgan fingerprint density at radius 3 is 2.27 bits per heavy atom. The average molecular weight is 154 g/mol. The minimum absolute atomic E-state index is 0.554. The molecule has 64 valence electrons. The van der Waals surface area contributed by atoms with Gasteiger partial charge in [-0.2, -0.15) is 0 Å². The van der Waals surface area contributed by atoms with Gasteiger partial charge in [0.05, 0.1) is 0 Å². The van der Waals surface area contributed by atoms with Crippen LogP contribution >= 0.6 is 0 Å². The fourth-order valence-corrected chi connectivity index (χ4v) is 1.63. The summed E-state index contributed by atoms with van der Waals surface area (Å²) in [6, 6.07) is 0.554. The van der Waals surface area contributed by atoms with E-state index in [-0.39, 0.29) is 0 Å². The van der Waals surface area contributed by atoms with Crippen LogP contribution in [-0.4, -0.2) is 6.04 Å². The van der Waals surface area contributed by atoms with Crippen LogP contribution in [0.15, 0.2) is 11.1 Å². The number of hydrazine groups is 1. The van der Waals surface area contributed by atoms with Crippen LogP contribution in [0, 0.1) is 0 Å². The molecule has 1 rings (SSSR count). The Labute approximate surface area is 68.8 Å². The van der Waals surface area contributed by atoms with Gasteiger partial charge in [-0.3, -0.25) is 11.3 Å². The van der Waals surface area contributed by atoms with Crippen molar-refractivity contribution in [3.05, 3.63) is 11.1 Å². The maximum absolute atomic E-state index is 5.36. The SMILES string of the molecule is CC(C)=C1CCC(NN)CC1. The first-order valence-electron chi connectivity index (χ1n) is 4.35. The van der Waals surface area contributed by atoms with Gasteiger partial charge in [-0.05, 0) is 39.5 Å². The van der Waals surface area contributed by atoms with E-state index in [0.717, 1.165) is 0 Å². The monoisotopic (exact) mass is 154 g/mol. The van der Waals surface area contributed by atoms with E-state index in [9.17, 15) is 0 Å². The van der Waals surface area contributed by atoms with Gasteiger partial charge in [0, 0.05) is 6.04 Å². The van der Waals surface area contributed by atoms with Gasteiger partial charge in [0.15, 0.2) is 0 Å². The molecule has 0 heterocycles. The molecule has 1 aliphatic carbocycles. The third-order valence-electron chi connectivity index (χ3n) is 2.53. The van der Waals surface area contributed by atoms with Crippen molar-refractivity contribution < 1.29 is 0 Å². The van der Waals surface area contributed by atoms with Crippen molar-refractivity contribution in [2.45, 2.75) is 45.6 Å². The van der Waals surface area contributed by atoms with Crippen molar-refractivity contribution in [1.29, 1.82) is 0 Å². The van der Waals surface area contributed by atoms with Gasteiger partial charge in [0.1, 0.15) is 0 Å². The lowest BCUT2D eigenvalue weighted by Crippen LogP contribution is -2.36. The zero-order valence-corrected chi connectivity index (χ0v) is 7.48. The van der Waals surface area contributed by atoms with Gasteiger partial charge in [-0.1, -0.05) is 11.1 Å². The van der Waals surface area contributed by atoms with Crippen molar-refractivity contribution in [2.24, 2.45) is 5.84 Å². The van der Waals surface area contributed by atoms with Gasteiger partial charge >= 0.3 is 0 Å². The average Bonchev–Trinajstić information content (AvgIpc) is 2.05. The lowest BCUT2D eigenvalue weighted by molar-refractivity contribution is 0.425. The summed E-state index contributed by atoms with van der Waals surface area (Å²) in [4.78, 5) is 0. The van der Waals surface area contributed by atoms with Gasteiger partial charge in [-0.25, -0.2) is 0 Å². The summed E-state index contributed by atoms with van der Waals surface area (Å²) in [5.41, 5.74) is 5.98. The van der Waals surface area contributed by atoms with Gasteiger partial charge < -0.3 is 0 Å². The zero-order valence-electron chi connectivity index (χ0n) is 7.48. The van der Waals surface area contributed by atoms with Crippen molar-refractivity contribution in [1.82, 2.24) is 5.43 Å². The van der Waals surface area contributed by atoms with E-state index in [1.165, 1.54) is 31.3 Å². The van der Waals surface area contributed by atoms with Crippen molar-refractivity contribution in [2.75, 3.05) is 0 Å². The normalized spacial score (nSPS) is 25.4. The Bertz CT molecular complexity index is 147. The lowest BCUT2D eigenvalue weighted by Gasteiger charge is -2.23. The van der Waals surface area contributed by atoms with E-state index in [4.69, 9.17) is 5.84 Å². The first-order chi connectivity index (χ1) is 5.24. The van der Waals surface area contributed by atoms with E-state index < -0.39 is 0 Å². The highest BCUT2D eigenvalue weighted by molar-refractivity contribution is 5.12. The second-order valence-corrected chi connectivity index (χ2v) is 3.54. The van der Waals surface area contributed by atoms with Crippen LogP contribution in [0.25, 0.3) is 0 Å². The fraction of sp³-hybridized carbons (Fsp3) is 0.778. The van der Waals surface area contributed by atoms with Gasteiger partial charge in [0.2, 0.25) is 0 Å². The predicted molar refractivity (Wildman–Crippen MR) is 48.0 cm³/mol. The number of rotatable bonds is 1. The standard InChI is InChI=1S/C9H18N2/c1-7(2)8-3-5-9(11-10)6-4-8/h9,11H,3-6,10H2,1-2H3. The van der Waals surface area contributed by atoms with Crippen LogP contribution in [0.2, 0.25) is 0 Å². The second-order valence-electron chi connectivity index (χ2n) is 3.54. The van der Waals surface area contributed by atoms with E-state index in [1.807, 2.05) is 0 Å². The molecule has 0 amide bonds. The molecular formula is C9H18N2. The summed E-state index contributed by atoms with van der Waals surface area (Å²) in [6.45, 7) is 4.40. The predicted octanol–water partition coefficient (Wildman–Crippen LogP) is 1.73. The number of nitrogens with one attached hydrogen (secondary N) is 1. The molecule has 1 saturated carbocycles. The highest BCUT2D eigenvalue weighted by Crippen LogP contribution is 2.25. The Balaban J connectivity index is 2.42. The topological polar surface area (TPSA) is 38.0 Å². The largest absolute Gasteiger partial charge is 0.271 e. The zero-order chi connectivity index (χ0) is 8.27. The fourth-order valence-electron chi connectivity index (χ4n) is 1.63. The highest BCUT2D eigenvalue weighted by Gasteiger charge is 2.14. The Morgan fingerprint density at radius 2 is 1.91 bits per heavy atom. The molecule has 11 heavy (non-hydrogen) atoms. The molecule has 2 heteroatoms. The first kappa shape index (κ1) is 8.75. The third kappa shape index (κ3) is 2.31. The number of hydrogen-bond acceptors (Lipinski definition) is 2. The molecule has 1 aliphatic rings. The van der Waals surface area contributed by atoms with E-state index in [0.29, 0.717) is 6.04 Å². The van der Waals surface area contributed by atoms with Crippen LogP contribution in [-0.2, 0) is 0 Å². The summed E-state index contributed by atoms with van der Waals surface area (Å²) < 4.78 is 0. The summed E-state index contributed by atoms with van der Waals surface area (Å²) in [7, 11) is 0. The van der Waals surface area contributed by atoms with E-state index in [1.54, 1.807) is 5.57 Å². The number of hydrogen-bond donors (Lipinski definition) is 2. The number of nitrogens with two attached hydrogens (primary N) is 1. The Morgan fingerprint density at radius 1 is 1.36 bits per heavy atom. The van der Waals surface area contributed by atoms with Gasteiger partial charge in [-0.15, -0.1) is 0 Å². The molecule has 0 atom stereocenters. The van der Waals surface area contributed by atoms with Crippen molar-refractivity contribution in [3.8, 4) is 0 Å². The molecule has 0 aromatic carbocycles. The summed E-state index contributed by atoms with van der Waals surface area (Å²) in [6.07, 6.45) is 4.88. The Kier molecular flexibility index (Phi) is 3.09. The van der Waals surface area contributed by atoms with Crippen LogP contribution in [0.1, 0.15) is 39.5 Å². The van der Waals surface area contributed by atoms with Crippen molar-refractivity contribution >= 4 is 0 Å². The molecule has 3 N–H and O–H groups in total. The highest BCUT2D eigenvalue weighted by atomic mass is 15.2. The maximum atomic E-state index is 5.36. The molecule has 2 nitrogen and oxygen atoms in total. The minimum atomic E-state index is 0.554. The molecule has 1 fully saturated rings. The van der Waals surface area contributed by atoms with Crippen LogP contribution < -0.4 is 11.3 Å². The smallest absolute Gasteiger partial charge is 0.0216 e. The lowest BCUT2D eigenvalue weighted by atomic mass is 9.89. The van der Waals surface area contributed by atoms with Gasteiger partial charge in [0.25, 0.3) is 0 Å². The van der Waals surface area contributed by atoms with E-state index >= 15 is 0 Å². The molecule has 0 radical (unpaired) electrons. The molecule has 0 spiro atoms. The van der Waals surface area contributed by atoms with E-state index in [2.05, 4.69) is 19.3 Å². The Hall–Kier alpha value is -0.340. The van der Waals surface area contributed by atoms with Crippen LogP contribution in [0.4, 0.5) is 0 Å². The summed E-state index contributed by atoms with van der Waals surface area (Å²) in [5.74, 6) is 5.36. The third-order valence-corrected chi connectivity index (χ3v) is 2.53. The maximum Gasteiger partial charge on any atom is 0.0216 e. The molecule has 0 aromatic heterocycles.